The van der Waals surface area contributed by atoms with E-state index in [0.29, 0.717) is 34.8 Å². The molecule has 11 heteroatoms. The molecule has 2 aromatic carbocycles. The third-order valence-corrected chi connectivity index (χ3v) is 8.48. The minimum Gasteiger partial charge on any atom is -0.324 e. The summed E-state index contributed by atoms with van der Waals surface area (Å²) in [6, 6.07) is 7.01. The first-order valence-electron chi connectivity index (χ1n) is 10.9. The highest BCUT2D eigenvalue weighted by Crippen LogP contribution is 2.61. The molecule has 0 aromatic heterocycles. The van der Waals surface area contributed by atoms with E-state index in [1.807, 2.05) is 4.90 Å². The van der Waals surface area contributed by atoms with Gasteiger partial charge in [0.05, 0.1) is 28.1 Å². The second-order valence-electron chi connectivity index (χ2n) is 9.13. The number of hydrogen-bond acceptors (Lipinski definition) is 6. The summed E-state index contributed by atoms with van der Waals surface area (Å²) in [4.78, 5) is 55.1. The number of halogens is 2. The number of nitro benzene ring substituents is 1. The smallest absolute Gasteiger partial charge is 0.289 e. The lowest BCUT2D eigenvalue weighted by atomic mass is 9.75. The Morgan fingerprint density at radius 3 is 2.59 bits per heavy atom. The molecule has 1 spiro atoms. The van der Waals surface area contributed by atoms with Crippen molar-refractivity contribution in [2.75, 3.05) is 16.8 Å². The molecule has 4 atom stereocenters. The average Bonchev–Trinajstić information content (AvgIpc) is 3.50. The van der Waals surface area contributed by atoms with Crippen molar-refractivity contribution in [3.63, 3.8) is 0 Å². The van der Waals surface area contributed by atoms with Gasteiger partial charge in [0.15, 0.2) is 0 Å². The SMILES string of the molecule is Cc1c(Cl)ccc2c1NC(=O)[C@@]21[C@@H]2C(=O)N(c3ccc(Cl)c([N+](=O)[O-])c3)C(=O)[C@H]2[C@H]2CCCN21. The van der Waals surface area contributed by atoms with Gasteiger partial charge in [-0.2, -0.15) is 0 Å². The number of anilines is 2. The highest BCUT2D eigenvalue weighted by molar-refractivity contribution is 6.33. The monoisotopic (exact) mass is 500 g/mol. The second kappa shape index (κ2) is 7.00. The Balaban J connectivity index is 1.54. The highest BCUT2D eigenvalue weighted by atomic mass is 35.5. The van der Waals surface area contributed by atoms with E-state index in [-0.39, 0.29) is 22.7 Å². The van der Waals surface area contributed by atoms with Crippen LogP contribution in [0.5, 0.6) is 0 Å². The maximum Gasteiger partial charge on any atom is 0.289 e. The first-order chi connectivity index (χ1) is 16.2. The number of fused-ring (bicyclic) bond motifs is 7. The third kappa shape index (κ3) is 2.41. The van der Waals surface area contributed by atoms with Gasteiger partial charge in [-0.25, -0.2) is 4.90 Å². The van der Waals surface area contributed by atoms with Crippen LogP contribution in [0.1, 0.15) is 24.0 Å². The molecule has 0 aliphatic carbocycles. The van der Waals surface area contributed by atoms with Crippen LogP contribution >= 0.6 is 23.2 Å². The molecule has 0 unspecified atom stereocenters. The van der Waals surface area contributed by atoms with Crippen LogP contribution in [0.3, 0.4) is 0 Å². The molecule has 4 heterocycles. The van der Waals surface area contributed by atoms with Crippen LogP contribution in [0, 0.1) is 28.9 Å². The van der Waals surface area contributed by atoms with Crippen molar-refractivity contribution in [1.82, 2.24) is 4.90 Å². The number of carbonyl (C=O) groups excluding carboxylic acids is 3. The zero-order valence-electron chi connectivity index (χ0n) is 17.9. The Morgan fingerprint density at radius 2 is 1.85 bits per heavy atom. The lowest BCUT2D eigenvalue weighted by molar-refractivity contribution is -0.384. The van der Waals surface area contributed by atoms with Gasteiger partial charge in [0, 0.05) is 22.7 Å². The third-order valence-electron chi connectivity index (χ3n) is 7.75. The standard InChI is InChI=1S/C23H18Cl2N4O5/c1-10-13(24)7-5-12-19(10)26-22(32)23(12)18-17(15-3-2-8-27(15)23)20(30)28(21(18)31)11-4-6-14(25)16(9-11)29(33)34/h4-7,9,15,17-18H,2-3,8H2,1H3,(H,26,32)/t15-,17+,18+,23+/m1/s1. The van der Waals surface area contributed by atoms with E-state index in [1.165, 1.54) is 12.1 Å². The molecule has 0 saturated carbocycles. The van der Waals surface area contributed by atoms with Crippen molar-refractivity contribution >= 4 is 58.0 Å². The van der Waals surface area contributed by atoms with Crippen LogP contribution in [-0.2, 0) is 19.9 Å². The number of carbonyl (C=O) groups is 3. The van der Waals surface area contributed by atoms with Crippen LogP contribution in [0.15, 0.2) is 30.3 Å². The molecule has 3 saturated heterocycles. The Bertz CT molecular complexity index is 1350. The zero-order valence-corrected chi connectivity index (χ0v) is 19.4. The lowest BCUT2D eigenvalue weighted by Gasteiger charge is -2.36. The fourth-order valence-corrected chi connectivity index (χ4v) is 6.77. The second-order valence-corrected chi connectivity index (χ2v) is 9.94. The maximum absolute atomic E-state index is 13.9. The van der Waals surface area contributed by atoms with Gasteiger partial charge in [-0.05, 0) is 50.1 Å². The van der Waals surface area contributed by atoms with Crippen LogP contribution in [0.25, 0.3) is 0 Å². The van der Waals surface area contributed by atoms with Crippen LogP contribution < -0.4 is 10.2 Å². The molecule has 3 fully saturated rings. The number of imide groups is 1. The van der Waals surface area contributed by atoms with Gasteiger partial charge in [-0.1, -0.05) is 29.3 Å². The van der Waals surface area contributed by atoms with E-state index in [9.17, 15) is 24.5 Å². The van der Waals surface area contributed by atoms with Crippen molar-refractivity contribution in [3.05, 3.63) is 61.6 Å². The first-order valence-corrected chi connectivity index (χ1v) is 11.6. The van der Waals surface area contributed by atoms with Gasteiger partial charge in [0.1, 0.15) is 10.6 Å². The molecule has 4 aliphatic rings. The van der Waals surface area contributed by atoms with Crippen LogP contribution in [0.4, 0.5) is 17.1 Å². The predicted molar refractivity (Wildman–Crippen MR) is 124 cm³/mol. The summed E-state index contributed by atoms with van der Waals surface area (Å²) in [5.74, 6) is -3.04. The Morgan fingerprint density at radius 1 is 1.12 bits per heavy atom. The highest BCUT2D eigenvalue weighted by Gasteiger charge is 2.74. The summed E-state index contributed by atoms with van der Waals surface area (Å²) in [6.07, 6.45) is 1.46. The van der Waals surface area contributed by atoms with E-state index in [2.05, 4.69) is 5.32 Å². The Hall–Kier alpha value is -3.01. The number of nitro groups is 1. The summed E-state index contributed by atoms with van der Waals surface area (Å²) < 4.78 is 0. The number of nitrogens with one attached hydrogen (secondary N) is 1. The summed E-state index contributed by atoms with van der Waals surface area (Å²) in [6.45, 7) is 2.38. The number of hydrogen-bond donors (Lipinski definition) is 1. The van der Waals surface area contributed by atoms with Gasteiger partial charge in [-0.15, -0.1) is 0 Å². The minimum atomic E-state index is -1.34. The van der Waals surface area contributed by atoms with Gasteiger partial charge in [0.2, 0.25) is 17.7 Å². The summed E-state index contributed by atoms with van der Waals surface area (Å²) in [5, 5.41) is 14.7. The topological polar surface area (TPSA) is 113 Å². The van der Waals surface area contributed by atoms with Gasteiger partial charge >= 0.3 is 0 Å². The summed E-state index contributed by atoms with van der Waals surface area (Å²) in [5.41, 5.74) is 0.254. The number of rotatable bonds is 2. The predicted octanol–water partition coefficient (Wildman–Crippen LogP) is 3.64. The number of nitrogens with zero attached hydrogens (tertiary/aromatic N) is 3. The zero-order chi connectivity index (χ0) is 24.1. The normalized spacial score (nSPS) is 29.6. The van der Waals surface area contributed by atoms with E-state index in [4.69, 9.17) is 23.2 Å². The minimum absolute atomic E-state index is 0.0751. The first kappa shape index (κ1) is 21.5. The quantitative estimate of drug-likeness (QED) is 0.382. The molecule has 0 bridgehead atoms. The van der Waals surface area contributed by atoms with Crippen molar-refractivity contribution in [1.29, 1.82) is 0 Å². The number of amides is 3. The van der Waals surface area contributed by atoms with Crippen LogP contribution in [0.2, 0.25) is 10.0 Å². The summed E-state index contributed by atoms with van der Waals surface area (Å²) >= 11 is 12.2. The average molecular weight is 501 g/mol. The van der Waals surface area contributed by atoms with Crippen molar-refractivity contribution in [2.24, 2.45) is 11.8 Å². The van der Waals surface area contributed by atoms with Crippen molar-refractivity contribution < 1.29 is 19.3 Å². The molecule has 4 aliphatic heterocycles. The largest absolute Gasteiger partial charge is 0.324 e. The van der Waals surface area contributed by atoms with E-state index >= 15 is 0 Å². The lowest BCUT2D eigenvalue weighted by Crippen LogP contribution is -2.54. The molecule has 9 nitrogen and oxygen atoms in total. The van der Waals surface area contributed by atoms with Gasteiger partial charge in [0.25, 0.3) is 5.69 Å². The maximum atomic E-state index is 13.9. The van der Waals surface area contributed by atoms with Crippen LogP contribution in [-0.4, -0.2) is 40.1 Å². The molecule has 2 aromatic rings. The molecular formula is C23H18Cl2N4O5. The number of benzene rings is 2. The van der Waals surface area contributed by atoms with Gasteiger partial charge in [-0.3, -0.25) is 29.4 Å². The van der Waals surface area contributed by atoms with E-state index < -0.39 is 39.8 Å². The fourth-order valence-electron chi connectivity index (χ4n) is 6.43. The Kier molecular flexibility index (Phi) is 4.43. The molecular weight excluding hydrogens is 483 g/mol. The molecule has 6 rings (SSSR count). The summed E-state index contributed by atoms with van der Waals surface area (Å²) in [7, 11) is 0. The Labute approximate surface area is 203 Å². The molecule has 0 radical (unpaired) electrons. The fraction of sp³-hybridized carbons (Fsp3) is 0.348. The van der Waals surface area contributed by atoms with Gasteiger partial charge < -0.3 is 5.32 Å². The van der Waals surface area contributed by atoms with E-state index in [1.54, 1.807) is 19.1 Å². The molecule has 34 heavy (non-hydrogen) atoms. The van der Waals surface area contributed by atoms with Crippen molar-refractivity contribution in [2.45, 2.75) is 31.3 Å². The molecule has 174 valence electrons. The van der Waals surface area contributed by atoms with Crippen molar-refractivity contribution in [3.8, 4) is 0 Å². The molecule has 1 N–H and O–H groups in total. The molecule has 3 amide bonds. The van der Waals surface area contributed by atoms with E-state index in [0.717, 1.165) is 17.4 Å².